The molecule has 0 N–H and O–H groups in total. The monoisotopic (exact) mass is 2080 g/mol. The summed E-state index contributed by atoms with van der Waals surface area (Å²) in [5.74, 6) is 7.06. The third-order valence-corrected chi connectivity index (χ3v) is 19.1. The highest BCUT2D eigenvalue weighted by molar-refractivity contribution is 5.42. The minimum Gasteiger partial charge on any atom is -0.487 e. The molecule has 0 amide bonds. The quantitative estimate of drug-likeness (QED) is 0.139. The van der Waals surface area contributed by atoms with Crippen LogP contribution < -0.4 is 47.4 Å². The molecule has 2 unspecified atom stereocenters. The smallest absolute Gasteiger partial charge is 0.161 e. The van der Waals surface area contributed by atoms with Crippen LogP contribution in [0.2, 0.25) is 0 Å². The van der Waals surface area contributed by atoms with Crippen LogP contribution in [0.3, 0.4) is 0 Å². The first-order valence-electron chi connectivity index (χ1n) is 52.4. The van der Waals surface area contributed by atoms with Crippen LogP contribution in [0.1, 0.15) is 145 Å². The summed E-state index contributed by atoms with van der Waals surface area (Å²) >= 11 is 0. The zero-order chi connectivity index (χ0) is 106. The Bertz CT molecular complexity index is 3430. The largest absolute Gasteiger partial charge is 0.487 e. The first kappa shape index (κ1) is 133. The van der Waals surface area contributed by atoms with Crippen LogP contribution in [0.5, 0.6) is 57.5 Å². The van der Waals surface area contributed by atoms with Gasteiger partial charge in [-0.15, -0.1) is 0 Å². The maximum atomic E-state index is 5.90. The van der Waals surface area contributed by atoms with E-state index in [4.69, 9.17) is 152 Å². The normalized spacial score (nSPS) is 20.2. The average molecular weight is 2080 g/mol. The highest BCUT2D eigenvalue weighted by Crippen LogP contribution is 2.32. The molecule has 6 heterocycles. The minimum atomic E-state index is 0.0264. The van der Waals surface area contributed by atoms with Gasteiger partial charge in [-0.1, -0.05) is 185 Å². The third-order valence-electron chi connectivity index (χ3n) is 19.1. The van der Waals surface area contributed by atoms with Gasteiger partial charge < -0.3 is 152 Å². The molecule has 0 bridgehead atoms. The Labute approximate surface area is 877 Å². The molecule has 842 valence electrons. The van der Waals surface area contributed by atoms with E-state index in [9.17, 15) is 0 Å². The Morgan fingerprint density at radius 2 is 0.274 bits per heavy atom. The first-order chi connectivity index (χ1) is 70.1. The number of nitrogens with zero attached hydrogens (tertiary/aromatic N) is 1. The summed E-state index contributed by atoms with van der Waals surface area (Å²) in [6, 6.07) is 37.9. The molecule has 11 rings (SSSR count). The number of rotatable bonds is 0. The molecule has 0 radical (unpaired) electrons. The number of ether oxygens (including phenoxy) is 32. The maximum Gasteiger partial charge on any atom is 0.161 e. The number of hydrogen-bond acceptors (Lipinski definition) is 33. The van der Waals surface area contributed by atoms with Crippen LogP contribution >= 0.6 is 0 Å². The van der Waals surface area contributed by atoms with Crippen molar-refractivity contribution in [2.45, 2.75) is 163 Å². The Hall–Kier alpha value is -6.82. The molecule has 2 atom stereocenters. The molecule has 6 aliphatic rings. The fourth-order valence-electron chi connectivity index (χ4n) is 11.9. The molecule has 6 aliphatic heterocycles. The highest BCUT2D eigenvalue weighted by atomic mass is 16.6. The predicted octanol–water partition coefficient (Wildman–Crippen LogP) is 17.7. The second-order valence-corrected chi connectivity index (χ2v) is 41.5. The summed E-state index contributed by atoms with van der Waals surface area (Å²) < 4.78 is 178. The predicted molar refractivity (Wildman–Crippen MR) is 569 cm³/mol. The van der Waals surface area contributed by atoms with Gasteiger partial charge in [0.25, 0.3) is 0 Å². The molecule has 33 heteroatoms. The fourth-order valence-corrected chi connectivity index (χ4v) is 11.9. The third kappa shape index (κ3) is 82.0. The van der Waals surface area contributed by atoms with E-state index in [0.29, 0.717) is 404 Å². The van der Waals surface area contributed by atoms with Gasteiger partial charge in [0.15, 0.2) is 57.5 Å². The minimum absolute atomic E-state index is 0.0264. The topological polar surface area (TPSA) is 299 Å². The second-order valence-electron chi connectivity index (χ2n) is 41.5. The van der Waals surface area contributed by atoms with Gasteiger partial charge in [-0.2, -0.15) is 0 Å². The van der Waals surface area contributed by atoms with Gasteiger partial charge in [-0.3, -0.25) is 4.90 Å². The summed E-state index contributed by atoms with van der Waals surface area (Å²) in [5, 5.41) is 0. The lowest BCUT2D eigenvalue weighted by molar-refractivity contribution is -0.0936. The van der Waals surface area contributed by atoms with E-state index < -0.39 is 0 Å². The second kappa shape index (κ2) is 85.7. The molecule has 33 nitrogen and oxygen atoms in total. The van der Waals surface area contributed by atoms with Crippen molar-refractivity contribution in [3.8, 4) is 57.5 Å². The molecule has 5 aromatic carbocycles. The van der Waals surface area contributed by atoms with Crippen molar-refractivity contribution in [1.29, 1.82) is 0 Å². The lowest BCUT2D eigenvalue weighted by atomic mass is 9.89. The molecule has 5 aromatic rings. The summed E-state index contributed by atoms with van der Waals surface area (Å²) in [7, 11) is 0. The molecule has 3 saturated heterocycles. The van der Waals surface area contributed by atoms with Crippen LogP contribution in [-0.2, 0) is 104 Å². The van der Waals surface area contributed by atoms with Crippen LogP contribution in [-0.4, -0.2) is 379 Å². The molecular formula is C113H193NO32. The average Bonchev–Trinajstić information content (AvgIpc) is 1.32. The summed E-state index contributed by atoms with van der Waals surface area (Å²) in [6.45, 7) is 76.3. The van der Waals surface area contributed by atoms with Crippen LogP contribution in [0.25, 0.3) is 0 Å². The molecule has 3 fully saturated rings. The van der Waals surface area contributed by atoms with Crippen molar-refractivity contribution in [2.24, 2.45) is 27.1 Å². The summed E-state index contributed by atoms with van der Waals surface area (Å²) in [6.07, 6.45) is 0.104. The Kier molecular flexibility index (Phi) is 78.3. The molecular weight excluding hydrogens is 1880 g/mol. The zero-order valence-electron chi connectivity index (χ0n) is 93.4. The van der Waals surface area contributed by atoms with Crippen molar-refractivity contribution in [3.05, 3.63) is 121 Å². The summed E-state index contributed by atoms with van der Waals surface area (Å²) in [5.41, 5.74) is 1.71. The van der Waals surface area contributed by atoms with E-state index in [-0.39, 0.29) is 28.6 Å². The first-order valence-corrected chi connectivity index (χ1v) is 52.4. The molecule has 0 aliphatic carbocycles. The van der Waals surface area contributed by atoms with Crippen LogP contribution in [0.15, 0.2) is 121 Å². The van der Waals surface area contributed by atoms with Gasteiger partial charge in [0.1, 0.15) is 66.1 Å². The number of fused-ring (bicyclic) bond motifs is 5. The maximum absolute atomic E-state index is 5.90. The van der Waals surface area contributed by atoms with Gasteiger partial charge in [0.2, 0.25) is 0 Å². The number of para-hydroxylation sites is 10. The van der Waals surface area contributed by atoms with Gasteiger partial charge in [-0.25, -0.2) is 0 Å². The van der Waals surface area contributed by atoms with E-state index >= 15 is 0 Å². The highest BCUT2D eigenvalue weighted by Gasteiger charge is 2.28. The van der Waals surface area contributed by atoms with E-state index in [1.165, 1.54) is 0 Å². The lowest BCUT2D eigenvalue weighted by Gasteiger charge is -2.35. The van der Waals surface area contributed by atoms with Crippen LogP contribution in [0.4, 0.5) is 0 Å². The van der Waals surface area contributed by atoms with Gasteiger partial charge in [0, 0.05) is 18.6 Å². The summed E-state index contributed by atoms with van der Waals surface area (Å²) in [4.78, 5) is 2.38. The molecule has 0 spiro atoms. The number of benzene rings is 5. The lowest BCUT2D eigenvalue weighted by Crippen LogP contribution is -2.45. The van der Waals surface area contributed by atoms with Crippen molar-refractivity contribution in [2.75, 3.05) is 357 Å². The molecule has 146 heavy (non-hydrogen) atoms. The number of hydrogen-bond donors (Lipinski definition) is 0. The van der Waals surface area contributed by atoms with Crippen molar-refractivity contribution in [3.63, 3.8) is 0 Å². The van der Waals surface area contributed by atoms with Crippen molar-refractivity contribution >= 4 is 0 Å². The SMILES string of the molecule is CC(C)(C)C.CC(C)(C)C.CC(C)(C)C.CC(C)(C)C1COCCOCCOCCOCCO1.CC(C)(C)C1COCCOCCOCCOCCOCCO1.CC(C)(C)N1CCOCCOCCOCCOCC1.c1ccc2c(c1)OCCOCCOCCOCCOCCO2.c1ccc2c(c1)OCCOCCOc1ccccc1OCCO2.c1ccc2c(c1)OCCOCCOc1ccccc1OCCOCCO2. The van der Waals surface area contributed by atoms with E-state index in [0.717, 1.165) is 26.3 Å². The molecule has 0 saturated carbocycles. The van der Waals surface area contributed by atoms with E-state index in [1.807, 2.05) is 121 Å². The Morgan fingerprint density at radius 3 is 0.411 bits per heavy atom. The van der Waals surface area contributed by atoms with E-state index in [2.05, 4.69) is 150 Å². The standard InChI is InChI=1S/C20H24O6.C18H20O5.C16H24O6.C16H32O6.C14H29NO4.C14H28O5.3C5H12/c1-2-6-18-17(5-1)23-13-9-21-11-15-25-19-7-3-4-8-20(19)26-16-12-22-10-14-24-18;1-3-7-17-15(5-1)20-11-9-19-10-12-21-16-6-2-4-8-18(16)23-14-13-22-17;1-2-4-16-15(3-1)21-13-11-19-9-7-17-5-6-18-8-10-20-12-14-22-16;1-16(2,3)15-14-21-11-10-19-7-6-17-4-5-18-8-9-20-12-13-22-15;1-14(2,3)15-4-6-16-8-10-18-12-13-19-11-9-17-7-5-15;1-14(2,3)13-12-18-9-8-16-5-4-15-6-7-17-10-11-19-13;3*1-5(2,3)4/h1-8H,9-16H2;1-8H,9-14H2;1-4H,5-14H2;15H,4-14H2,1-3H3;4-13H2,1-3H3;13H,4-12H2,1-3H3;3*1-4H3. The van der Waals surface area contributed by atoms with Gasteiger partial charge >= 0.3 is 0 Å². The fraction of sp³-hybridized carbons (Fsp3) is 0.735. The zero-order valence-corrected chi connectivity index (χ0v) is 93.4. The Balaban J connectivity index is 0.000000438. The van der Waals surface area contributed by atoms with Gasteiger partial charge in [0.05, 0.1) is 290 Å². The Morgan fingerprint density at radius 1 is 0.158 bits per heavy atom. The van der Waals surface area contributed by atoms with Gasteiger partial charge in [-0.05, 0) is 109 Å². The van der Waals surface area contributed by atoms with E-state index in [1.54, 1.807) is 0 Å². The molecule has 0 aromatic heterocycles. The van der Waals surface area contributed by atoms with Crippen molar-refractivity contribution < 1.29 is 152 Å². The van der Waals surface area contributed by atoms with Crippen molar-refractivity contribution in [1.82, 2.24) is 4.90 Å². The van der Waals surface area contributed by atoms with Crippen LogP contribution in [0, 0.1) is 27.1 Å².